The summed E-state index contributed by atoms with van der Waals surface area (Å²) < 4.78 is 5.20. The Bertz CT molecular complexity index is 421. The van der Waals surface area contributed by atoms with Crippen LogP contribution in [0.3, 0.4) is 0 Å². The van der Waals surface area contributed by atoms with Crippen molar-refractivity contribution in [1.82, 2.24) is 5.32 Å². The number of nitrogens with one attached hydrogen (secondary N) is 1. The molecule has 104 valence electrons. The van der Waals surface area contributed by atoms with Crippen LogP contribution >= 0.6 is 0 Å². The SMILES string of the molecule is COCCC1(CNCc2cccc(C3CC3)c2)CC1. The molecular formula is C17H25NO. The molecule has 0 amide bonds. The molecule has 2 saturated carbocycles. The summed E-state index contributed by atoms with van der Waals surface area (Å²) in [5.74, 6) is 0.858. The minimum absolute atomic E-state index is 0.546. The second-order valence-corrected chi connectivity index (χ2v) is 6.37. The molecule has 2 fully saturated rings. The van der Waals surface area contributed by atoms with E-state index in [-0.39, 0.29) is 0 Å². The van der Waals surface area contributed by atoms with Crippen LogP contribution in [-0.4, -0.2) is 20.3 Å². The summed E-state index contributed by atoms with van der Waals surface area (Å²) in [5.41, 5.74) is 3.52. The van der Waals surface area contributed by atoms with Crippen LogP contribution in [0.2, 0.25) is 0 Å². The molecule has 2 aliphatic rings. The summed E-state index contributed by atoms with van der Waals surface area (Å²) in [6.07, 6.45) is 6.71. The van der Waals surface area contributed by atoms with E-state index in [1.165, 1.54) is 37.7 Å². The predicted octanol–water partition coefficient (Wildman–Crippen LogP) is 3.47. The molecule has 0 radical (unpaired) electrons. The maximum atomic E-state index is 5.20. The van der Waals surface area contributed by atoms with Gasteiger partial charge in [0.25, 0.3) is 0 Å². The Morgan fingerprint density at radius 1 is 1.32 bits per heavy atom. The van der Waals surface area contributed by atoms with Gasteiger partial charge in [-0.3, -0.25) is 0 Å². The molecule has 1 aromatic carbocycles. The van der Waals surface area contributed by atoms with Gasteiger partial charge in [-0.2, -0.15) is 0 Å². The molecule has 0 atom stereocenters. The molecule has 0 unspecified atom stereocenters. The van der Waals surface area contributed by atoms with Gasteiger partial charge in [0, 0.05) is 26.8 Å². The summed E-state index contributed by atoms with van der Waals surface area (Å²) in [6.45, 7) is 3.05. The van der Waals surface area contributed by atoms with E-state index < -0.39 is 0 Å². The van der Waals surface area contributed by atoms with Crippen LogP contribution in [0, 0.1) is 5.41 Å². The third-order valence-corrected chi connectivity index (χ3v) is 4.62. The predicted molar refractivity (Wildman–Crippen MR) is 78.3 cm³/mol. The first-order valence-electron chi connectivity index (χ1n) is 7.60. The minimum atomic E-state index is 0.546. The van der Waals surface area contributed by atoms with E-state index in [0.717, 1.165) is 25.6 Å². The van der Waals surface area contributed by atoms with Crippen LogP contribution in [-0.2, 0) is 11.3 Å². The fourth-order valence-corrected chi connectivity index (χ4v) is 2.86. The molecule has 19 heavy (non-hydrogen) atoms. The lowest BCUT2D eigenvalue weighted by molar-refractivity contribution is 0.171. The van der Waals surface area contributed by atoms with Gasteiger partial charge in [0.1, 0.15) is 0 Å². The van der Waals surface area contributed by atoms with Crippen molar-refractivity contribution in [3.63, 3.8) is 0 Å². The third-order valence-electron chi connectivity index (χ3n) is 4.62. The Balaban J connectivity index is 1.45. The molecule has 0 aliphatic heterocycles. The smallest absolute Gasteiger partial charge is 0.0468 e. The second-order valence-electron chi connectivity index (χ2n) is 6.37. The molecule has 0 spiro atoms. The van der Waals surface area contributed by atoms with E-state index in [1.807, 2.05) is 0 Å². The number of hydrogen-bond acceptors (Lipinski definition) is 2. The van der Waals surface area contributed by atoms with Crippen molar-refractivity contribution in [2.45, 2.75) is 44.6 Å². The third kappa shape index (κ3) is 3.58. The molecule has 2 nitrogen and oxygen atoms in total. The van der Waals surface area contributed by atoms with Gasteiger partial charge < -0.3 is 10.1 Å². The lowest BCUT2D eigenvalue weighted by Crippen LogP contribution is -2.24. The van der Waals surface area contributed by atoms with E-state index in [9.17, 15) is 0 Å². The monoisotopic (exact) mass is 259 g/mol. The zero-order valence-corrected chi connectivity index (χ0v) is 12.0. The van der Waals surface area contributed by atoms with E-state index in [1.54, 1.807) is 12.7 Å². The first kappa shape index (κ1) is 13.1. The Morgan fingerprint density at radius 2 is 2.16 bits per heavy atom. The topological polar surface area (TPSA) is 21.3 Å². The first-order valence-corrected chi connectivity index (χ1v) is 7.60. The first-order chi connectivity index (χ1) is 9.31. The average molecular weight is 259 g/mol. The number of methoxy groups -OCH3 is 1. The second kappa shape index (κ2) is 5.64. The van der Waals surface area contributed by atoms with E-state index in [0.29, 0.717) is 5.41 Å². The summed E-state index contributed by atoms with van der Waals surface area (Å²) in [4.78, 5) is 0. The number of benzene rings is 1. The molecule has 0 aromatic heterocycles. The Morgan fingerprint density at radius 3 is 2.84 bits per heavy atom. The van der Waals surface area contributed by atoms with Crippen molar-refractivity contribution in [3.8, 4) is 0 Å². The number of rotatable bonds is 8. The minimum Gasteiger partial charge on any atom is -0.385 e. The molecule has 1 aromatic rings. The van der Waals surface area contributed by atoms with Crippen molar-refractivity contribution in [1.29, 1.82) is 0 Å². The van der Waals surface area contributed by atoms with Gasteiger partial charge in [-0.05, 0) is 54.6 Å². The maximum Gasteiger partial charge on any atom is 0.0468 e. The van der Waals surface area contributed by atoms with Crippen LogP contribution in [0.25, 0.3) is 0 Å². The van der Waals surface area contributed by atoms with Gasteiger partial charge in [0.15, 0.2) is 0 Å². The number of hydrogen-bond donors (Lipinski definition) is 1. The van der Waals surface area contributed by atoms with Gasteiger partial charge in [0.2, 0.25) is 0 Å². The van der Waals surface area contributed by atoms with Crippen LogP contribution in [0.15, 0.2) is 24.3 Å². The van der Waals surface area contributed by atoms with Crippen molar-refractivity contribution in [2.75, 3.05) is 20.3 Å². The average Bonchev–Trinajstić information content (AvgIpc) is 3.32. The molecule has 2 aliphatic carbocycles. The quantitative estimate of drug-likeness (QED) is 0.772. The van der Waals surface area contributed by atoms with Gasteiger partial charge in [-0.1, -0.05) is 24.3 Å². The summed E-state index contributed by atoms with van der Waals surface area (Å²) in [7, 11) is 1.80. The molecule has 0 heterocycles. The fourth-order valence-electron chi connectivity index (χ4n) is 2.86. The molecule has 0 saturated heterocycles. The van der Waals surface area contributed by atoms with Crippen LogP contribution in [0.4, 0.5) is 0 Å². The van der Waals surface area contributed by atoms with Crippen molar-refractivity contribution < 1.29 is 4.74 Å². The zero-order chi connectivity index (χ0) is 13.1. The van der Waals surface area contributed by atoms with E-state index >= 15 is 0 Å². The maximum absolute atomic E-state index is 5.20. The van der Waals surface area contributed by atoms with Crippen molar-refractivity contribution in [2.24, 2.45) is 5.41 Å². The summed E-state index contributed by atoms with van der Waals surface area (Å²) in [6, 6.07) is 9.12. The van der Waals surface area contributed by atoms with Crippen molar-refractivity contribution >= 4 is 0 Å². The normalized spacial score (nSPS) is 20.5. The molecule has 0 bridgehead atoms. The fraction of sp³-hybridized carbons (Fsp3) is 0.647. The lowest BCUT2D eigenvalue weighted by atomic mass is 10.0. The highest BCUT2D eigenvalue weighted by Crippen LogP contribution is 2.48. The largest absolute Gasteiger partial charge is 0.385 e. The molecule has 3 rings (SSSR count). The molecule has 1 N–H and O–H groups in total. The van der Waals surface area contributed by atoms with Gasteiger partial charge in [-0.25, -0.2) is 0 Å². The highest BCUT2D eigenvalue weighted by molar-refractivity contribution is 5.29. The molecule has 2 heteroatoms. The Hall–Kier alpha value is -0.860. The Labute approximate surface area is 116 Å². The van der Waals surface area contributed by atoms with Crippen LogP contribution in [0.1, 0.15) is 49.1 Å². The summed E-state index contributed by atoms with van der Waals surface area (Å²) >= 11 is 0. The van der Waals surface area contributed by atoms with Crippen LogP contribution in [0.5, 0.6) is 0 Å². The van der Waals surface area contributed by atoms with E-state index in [4.69, 9.17) is 4.74 Å². The summed E-state index contributed by atoms with van der Waals surface area (Å²) in [5, 5.41) is 3.64. The van der Waals surface area contributed by atoms with Gasteiger partial charge in [-0.15, -0.1) is 0 Å². The zero-order valence-electron chi connectivity index (χ0n) is 12.0. The van der Waals surface area contributed by atoms with Crippen molar-refractivity contribution in [3.05, 3.63) is 35.4 Å². The number of ether oxygens (including phenoxy) is 1. The standard InChI is InChI=1S/C17H25NO/c1-19-10-9-17(7-8-17)13-18-12-14-3-2-4-16(11-14)15-5-6-15/h2-4,11,15,18H,5-10,12-13H2,1H3. The molecular weight excluding hydrogens is 234 g/mol. The Kier molecular flexibility index (Phi) is 3.90. The highest BCUT2D eigenvalue weighted by atomic mass is 16.5. The highest BCUT2D eigenvalue weighted by Gasteiger charge is 2.41. The lowest BCUT2D eigenvalue weighted by Gasteiger charge is -2.15. The van der Waals surface area contributed by atoms with Gasteiger partial charge >= 0.3 is 0 Å². The van der Waals surface area contributed by atoms with Crippen LogP contribution < -0.4 is 5.32 Å². The van der Waals surface area contributed by atoms with E-state index in [2.05, 4.69) is 29.6 Å². The van der Waals surface area contributed by atoms with Gasteiger partial charge in [0.05, 0.1) is 0 Å².